The number of carbonyl (C=O) groups excluding carboxylic acids is 3. The molecule has 5 rings (SSSR count). The molecule has 0 saturated carbocycles. The maximum Gasteiger partial charge on any atom is 0.311 e. The van der Waals surface area contributed by atoms with Gasteiger partial charge >= 0.3 is 5.97 Å². The third-order valence-electron chi connectivity index (χ3n) is 7.82. The Kier molecular flexibility index (Phi) is 6.96. The Bertz CT molecular complexity index is 1110. The summed E-state index contributed by atoms with van der Waals surface area (Å²) < 4.78 is 4.63. The lowest BCUT2D eigenvalue weighted by Crippen LogP contribution is -2.56. The fraction of sp³-hybridized carbons (Fsp3) is 0.519. The molecule has 0 bridgehead atoms. The van der Waals surface area contributed by atoms with E-state index in [1.54, 1.807) is 15.9 Å². The van der Waals surface area contributed by atoms with Crippen molar-refractivity contribution < 1.29 is 24.2 Å². The van der Waals surface area contributed by atoms with E-state index in [-0.39, 0.29) is 23.7 Å². The number of ether oxygens (including phenoxy) is 1. The summed E-state index contributed by atoms with van der Waals surface area (Å²) in [4.78, 5) is 45.1. The van der Waals surface area contributed by atoms with Gasteiger partial charge in [-0.2, -0.15) is 0 Å². The standard InChI is InChI=1S/C27H31ClN2O5S/c1-3-17(15-31)30-23-25(33)29(22-16(2)9-7-10-18(22)28)13-8-12-27(23)21(24(30)32)20-19(36-27)11-5-4-6-14-35-26(20)34/h5,7-12,17,19-21,23,31H,3-4,6,13-15H2,1-2H3/b11-5-/t17-,19+,20-,21-,23?,27-/m0/s1. The Balaban J connectivity index is 1.67. The van der Waals surface area contributed by atoms with E-state index in [0.29, 0.717) is 30.3 Å². The summed E-state index contributed by atoms with van der Waals surface area (Å²) in [5, 5.41) is 10.4. The SMILES string of the molecule is CC[C@@H](CO)N1C(=O)[C@@H]2[C@H]3C(=O)OCCC/C=C\[C@H]3S[C@@]23C=CCN(c2c(C)cccc2Cl)C(=O)C13. The minimum atomic E-state index is -0.960. The molecule has 1 aromatic carbocycles. The number of anilines is 1. The predicted octanol–water partition coefficient (Wildman–Crippen LogP) is 3.51. The van der Waals surface area contributed by atoms with Crippen molar-refractivity contribution in [1.29, 1.82) is 0 Å². The largest absolute Gasteiger partial charge is 0.465 e. The van der Waals surface area contributed by atoms with Crippen molar-refractivity contribution in [1.82, 2.24) is 4.90 Å². The smallest absolute Gasteiger partial charge is 0.311 e. The van der Waals surface area contributed by atoms with Crippen LogP contribution in [0.25, 0.3) is 0 Å². The van der Waals surface area contributed by atoms with Crippen LogP contribution in [0.2, 0.25) is 5.02 Å². The van der Waals surface area contributed by atoms with Crippen molar-refractivity contribution >= 4 is 46.8 Å². The lowest BCUT2D eigenvalue weighted by atomic mass is 9.78. The first-order valence-electron chi connectivity index (χ1n) is 12.5. The molecule has 36 heavy (non-hydrogen) atoms. The Morgan fingerprint density at radius 3 is 2.78 bits per heavy atom. The van der Waals surface area contributed by atoms with Crippen molar-refractivity contribution in [2.24, 2.45) is 11.8 Å². The number of allylic oxidation sites excluding steroid dienone is 1. The minimum absolute atomic E-state index is 0.254. The van der Waals surface area contributed by atoms with Crippen molar-refractivity contribution in [3.8, 4) is 0 Å². The molecule has 7 nitrogen and oxygen atoms in total. The molecule has 1 aromatic rings. The highest BCUT2D eigenvalue weighted by atomic mass is 35.5. The zero-order valence-corrected chi connectivity index (χ0v) is 22.0. The second-order valence-electron chi connectivity index (χ2n) is 9.83. The zero-order valence-electron chi connectivity index (χ0n) is 20.4. The molecule has 9 heteroatoms. The first-order chi connectivity index (χ1) is 17.4. The van der Waals surface area contributed by atoms with E-state index >= 15 is 0 Å². The Hall–Kier alpha value is -2.29. The van der Waals surface area contributed by atoms with Gasteiger partial charge in [0.1, 0.15) is 6.04 Å². The molecule has 192 valence electrons. The van der Waals surface area contributed by atoms with Gasteiger partial charge in [-0.1, -0.05) is 55.0 Å². The van der Waals surface area contributed by atoms with Gasteiger partial charge in [0.25, 0.3) is 5.91 Å². The van der Waals surface area contributed by atoms with Crippen molar-refractivity contribution in [2.45, 2.75) is 55.2 Å². The van der Waals surface area contributed by atoms with Crippen molar-refractivity contribution in [3.05, 3.63) is 53.1 Å². The highest BCUT2D eigenvalue weighted by Gasteiger charge is 2.71. The summed E-state index contributed by atoms with van der Waals surface area (Å²) in [6.45, 7) is 4.11. The summed E-state index contributed by atoms with van der Waals surface area (Å²) in [7, 11) is 0. The average molecular weight is 531 g/mol. The van der Waals surface area contributed by atoms with Gasteiger partial charge in [-0.3, -0.25) is 14.4 Å². The normalized spacial score (nSPS) is 33.6. The molecule has 2 fully saturated rings. The number of carbonyl (C=O) groups is 3. The summed E-state index contributed by atoms with van der Waals surface area (Å²) in [6, 6.07) is 4.06. The maximum atomic E-state index is 14.4. The zero-order chi connectivity index (χ0) is 25.6. The monoisotopic (exact) mass is 530 g/mol. The topological polar surface area (TPSA) is 87.2 Å². The van der Waals surface area contributed by atoms with E-state index in [4.69, 9.17) is 16.3 Å². The summed E-state index contributed by atoms with van der Waals surface area (Å²) in [6.07, 6.45) is 9.92. The number of halogens is 1. The number of para-hydroxylation sites is 1. The van der Waals surface area contributed by atoms with E-state index < -0.39 is 34.6 Å². The van der Waals surface area contributed by atoms with Crippen LogP contribution in [0.1, 0.15) is 31.7 Å². The number of amides is 2. The van der Waals surface area contributed by atoms with Gasteiger partial charge in [0.2, 0.25) is 5.91 Å². The first kappa shape index (κ1) is 25.4. The van der Waals surface area contributed by atoms with E-state index in [0.717, 1.165) is 18.4 Å². The summed E-state index contributed by atoms with van der Waals surface area (Å²) in [5.41, 5.74) is 1.47. The number of hydrogen-bond donors (Lipinski definition) is 1. The van der Waals surface area contributed by atoms with Gasteiger partial charge in [0, 0.05) is 11.8 Å². The number of thioether (sulfide) groups is 1. The second-order valence-corrected chi connectivity index (χ2v) is 11.7. The molecule has 4 aliphatic rings. The Labute approximate surface area is 220 Å². The maximum absolute atomic E-state index is 14.4. The molecular weight excluding hydrogens is 500 g/mol. The van der Waals surface area contributed by atoms with Gasteiger partial charge in [-0.15, -0.1) is 11.8 Å². The molecule has 2 amide bonds. The number of aliphatic hydroxyl groups is 1. The fourth-order valence-corrected chi connectivity index (χ4v) is 8.48. The lowest BCUT2D eigenvalue weighted by molar-refractivity contribution is -0.153. The lowest BCUT2D eigenvalue weighted by Gasteiger charge is -2.38. The first-order valence-corrected chi connectivity index (χ1v) is 13.8. The van der Waals surface area contributed by atoms with Crippen molar-refractivity contribution in [3.63, 3.8) is 0 Å². The second kappa shape index (κ2) is 9.88. The number of fused-ring (bicyclic) bond motifs is 2. The number of aliphatic hydroxyl groups excluding tert-OH is 1. The van der Waals surface area contributed by atoms with E-state index in [1.807, 2.05) is 50.3 Å². The molecule has 4 heterocycles. The Morgan fingerprint density at radius 2 is 2.06 bits per heavy atom. The van der Waals surface area contributed by atoms with Crippen molar-refractivity contribution in [2.75, 3.05) is 24.7 Å². The van der Waals surface area contributed by atoms with Crippen LogP contribution in [0.15, 0.2) is 42.5 Å². The highest BCUT2D eigenvalue weighted by molar-refractivity contribution is 8.02. The van der Waals surface area contributed by atoms with Crippen LogP contribution in [0, 0.1) is 18.8 Å². The van der Waals surface area contributed by atoms with Crippen LogP contribution in [-0.4, -0.2) is 69.6 Å². The number of esters is 1. The fourth-order valence-electron chi connectivity index (χ4n) is 6.17. The van der Waals surface area contributed by atoms with Crippen LogP contribution in [0.5, 0.6) is 0 Å². The molecule has 0 aromatic heterocycles. The number of likely N-dealkylation sites (tertiary alicyclic amines) is 1. The molecule has 6 atom stereocenters. The van der Waals surface area contributed by atoms with Crippen LogP contribution >= 0.6 is 23.4 Å². The molecule has 0 radical (unpaired) electrons. The number of rotatable bonds is 4. The molecule has 1 spiro atoms. The number of benzene rings is 1. The summed E-state index contributed by atoms with van der Waals surface area (Å²) in [5.74, 6) is -2.39. The summed E-state index contributed by atoms with van der Waals surface area (Å²) >= 11 is 8.07. The van der Waals surface area contributed by atoms with Gasteiger partial charge in [-0.05, 0) is 37.8 Å². The number of aryl methyl sites for hydroxylation is 1. The van der Waals surface area contributed by atoms with Gasteiger partial charge in [-0.25, -0.2) is 0 Å². The predicted molar refractivity (Wildman–Crippen MR) is 140 cm³/mol. The highest BCUT2D eigenvalue weighted by Crippen LogP contribution is 2.61. The third kappa shape index (κ3) is 3.80. The number of hydrogen-bond acceptors (Lipinski definition) is 6. The van der Waals surface area contributed by atoms with E-state index in [9.17, 15) is 19.5 Å². The van der Waals surface area contributed by atoms with Crippen LogP contribution in [0.4, 0.5) is 5.69 Å². The Morgan fingerprint density at radius 1 is 1.25 bits per heavy atom. The molecule has 4 aliphatic heterocycles. The number of cyclic esters (lactones) is 1. The molecular formula is C27H31ClN2O5S. The minimum Gasteiger partial charge on any atom is -0.465 e. The van der Waals surface area contributed by atoms with Crippen LogP contribution < -0.4 is 4.90 Å². The van der Waals surface area contributed by atoms with Crippen LogP contribution in [-0.2, 0) is 19.1 Å². The molecule has 1 unspecified atom stereocenters. The van der Waals surface area contributed by atoms with Gasteiger partial charge in [0.15, 0.2) is 0 Å². The molecule has 0 aliphatic carbocycles. The number of nitrogens with zero attached hydrogens (tertiary/aromatic N) is 2. The quantitative estimate of drug-likeness (QED) is 0.473. The van der Waals surface area contributed by atoms with Gasteiger partial charge < -0.3 is 19.6 Å². The average Bonchev–Trinajstić information content (AvgIpc) is 3.26. The van der Waals surface area contributed by atoms with Crippen LogP contribution in [0.3, 0.4) is 0 Å². The van der Waals surface area contributed by atoms with E-state index in [1.165, 1.54) is 11.8 Å². The van der Waals surface area contributed by atoms with Gasteiger partial charge in [0.05, 0.1) is 46.5 Å². The molecule has 1 N–H and O–H groups in total. The third-order valence-corrected chi connectivity index (χ3v) is 9.87. The van der Waals surface area contributed by atoms with E-state index in [2.05, 4.69) is 0 Å². The molecule has 2 saturated heterocycles.